The molecule has 6 heteroatoms. The molecule has 144 valence electrons. The second-order valence-corrected chi connectivity index (χ2v) is 7.27. The number of rotatable bonds is 6. The van der Waals surface area contributed by atoms with Crippen LogP contribution in [-0.2, 0) is 16.1 Å². The van der Waals surface area contributed by atoms with Crippen molar-refractivity contribution in [3.63, 3.8) is 0 Å². The number of nitrogens with two attached hydrogens (primary N) is 1. The molecular weight excluding hydrogens is 330 g/mol. The molecule has 1 aromatic carbocycles. The molecular formula is C20H31N3O3. The highest BCUT2D eigenvalue weighted by atomic mass is 16.6. The van der Waals surface area contributed by atoms with Gasteiger partial charge in [0, 0.05) is 19.1 Å². The highest BCUT2D eigenvalue weighted by Gasteiger charge is 2.28. The van der Waals surface area contributed by atoms with E-state index in [1.165, 1.54) is 25.7 Å². The summed E-state index contributed by atoms with van der Waals surface area (Å²) in [7, 11) is 0. The molecule has 1 heterocycles. The number of carbonyl (C=O) groups is 1. The zero-order chi connectivity index (χ0) is 18.2. The minimum atomic E-state index is -0.264. The first-order chi connectivity index (χ1) is 12.8. The third kappa shape index (κ3) is 5.43. The van der Waals surface area contributed by atoms with Crippen LogP contribution in [0.1, 0.15) is 31.2 Å². The van der Waals surface area contributed by atoms with Crippen LogP contribution in [-0.4, -0.2) is 55.9 Å². The van der Waals surface area contributed by atoms with Crippen molar-refractivity contribution in [3.8, 4) is 0 Å². The molecule has 3 rings (SSSR count). The number of benzene rings is 1. The largest absolute Gasteiger partial charge is 0.445 e. The topological polar surface area (TPSA) is 76.8 Å². The predicted molar refractivity (Wildman–Crippen MR) is 101 cm³/mol. The third-order valence-corrected chi connectivity index (χ3v) is 5.42. The Morgan fingerprint density at radius 1 is 1.27 bits per heavy atom. The molecule has 6 nitrogen and oxygen atoms in total. The summed E-state index contributed by atoms with van der Waals surface area (Å²) >= 11 is 0. The molecule has 1 saturated carbocycles. The van der Waals surface area contributed by atoms with Crippen LogP contribution in [0.3, 0.4) is 0 Å². The van der Waals surface area contributed by atoms with Crippen LogP contribution in [0.2, 0.25) is 0 Å². The van der Waals surface area contributed by atoms with E-state index in [1.807, 2.05) is 30.3 Å². The van der Waals surface area contributed by atoms with Gasteiger partial charge in [0.25, 0.3) is 0 Å². The first-order valence-corrected chi connectivity index (χ1v) is 9.77. The maximum absolute atomic E-state index is 12.3. The average molecular weight is 361 g/mol. The van der Waals surface area contributed by atoms with E-state index in [2.05, 4.69) is 5.32 Å². The molecule has 2 fully saturated rings. The third-order valence-electron chi connectivity index (χ3n) is 5.42. The summed E-state index contributed by atoms with van der Waals surface area (Å²) in [6.07, 6.45) is 4.67. The minimum Gasteiger partial charge on any atom is -0.445 e. The summed E-state index contributed by atoms with van der Waals surface area (Å²) in [5, 5.41) is 3.63. The lowest BCUT2D eigenvalue weighted by molar-refractivity contribution is -0.0290. The Morgan fingerprint density at radius 2 is 2.08 bits per heavy atom. The molecule has 0 radical (unpaired) electrons. The number of hydrogen-bond acceptors (Lipinski definition) is 5. The molecule has 1 aromatic rings. The van der Waals surface area contributed by atoms with Gasteiger partial charge in [-0.25, -0.2) is 4.79 Å². The van der Waals surface area contributed by atoms with Gasteiger partial charge in [-0.1, -0.05) is 43.2 Å². The molecule has 1 amide bonds. The molecule has 0 bridgehead atoms. The maximum atomic E-state index is 12.3. The summed E-state index contributed by atoms with van der Waals surface area (Å²) < 4.78 is 11.3. The number of morpholine rings is 1. The Bertz CT molecular complexity index is 554. The zero-order valence-electron chi connectivity index (χ0n) is 15.4. The first kappa shape index (κ1) is 19.1. The van der Waals surface area contributed by atoms with Gasteiger partial charge < -0.3 is 25.4 Å². The molecule has 26 heavy (non-hydrogen) atoms. The highest BCUT2D eigenvalue weighted by Crippen LogP contribution is 2.23. The van der Waals surface area contributed by atoms with Gasteiger partial charge in [0.05, 0.1) is 19.3 Å². The van der Waals surface area contributed by atoms with Crippen molar-refractivity contribution < 1.29 is 14.3 Å². The number of carbonyl (C=O) groups excluding carboxylic acids is 1. The van der Waals surface area contributed by atoms with Crippen molar-refractivity contribution in [1.82, 2.24) is 10.2 Å². The maximum Gasteiger partial charge on any atom is 0.410 e. The summed E-state index contributed by atoms with van der Waals surface area (Å²) in [6.45, 7) is 3.50. The second-order valence-electron chi connectivity index (χ2n) is 7.27. The van der Waals surface area contributed by atoms with E-state index in [-0.39, 0.29) is 12.2 Å². The Balaban J connectivity index is 1.42. The van der Waals surface area contributed by atoms with Gasteiger partial charge in [0.15, 0.2) is 0 Å². The Hall–Kier alpha value is -1.63. The van der Waals surface area contributed by atoms with E-state index in [9.17, 15) is 4.79 Å². The van der Waals surface area contributed by atoms with E-state index < -0.39 is 0 Å². The van der Waals surface area contributed by atoms with Crippen molar-refractivity contribution in [1.29, 1.82) is 0 Å². The molecule has 0 aromatic heterocycles. The van der Waals surface area contributed by atoms with E-state index in [0.717, 1.165) is 18.7 Å². The molecule has 3 N–H and O–H groups in total. The number of nitrogens with zero attached hydrogens (tertiary/aromatic N) is 1. The molecule has 1 aliphatic carbocycles. The van der Waals surface area contributed by atoms with E-state index in [0.29, 0.717) is 38.3 Å². The normalized spacial score (nSPS) is 26.5. The predicted octanol–water partition coefficient (Wildman–Crippen LogP) is 2.13. The van der Waals surface area contributed by atoms with Crippen LogP contribution in [0.5, 0.6) is 0 Å². The van der Waals surface area contributed by atoms with Crippen LogP contribution in [0.4, 0.5) is 4.79 Å². The van der Waals surface area contributed by atoms with Crippen molar-refractivity contribution >= 4 is 6.09 Å². The lowest BCUT2D eigenvalue weighted by atomic mass is 9.84. The van der Waals surface area contributed by atoms with E-state index >= 15 is 0 Å². The molecule has 0 spiro atoms. The van der Waals surface area contributed by atoms with Crippen molar-refractivity contribution in [2.45, 2.75) is 44.4 Å². The fraction of sp³-hybridized carbons (Fsp3) is 0.650. The van der Waals surface area contributed by atoms with Gasteiger partial charge in [-0.2, -0.15) is 0 Å². The Kier molecular flexibility index (Phi) is 7.29. The summed E-state index contributed by atoms with van der Waals surface area (Å²) in [6, 6.07) is 10.2. The standard InChI is InChI=1S/C20H31N3O3/c21-12-17-8-4-5-9-19(17)22-13-18-14-23(10-11-25-18)20(24)26-15-16-6-2-1-3-7-16/h1-3,6-7,17-19,22H,4-5,8-15,21H2. The summed E-state index contributed by atoms with van der Waals surface area (Å²) in [5.41, 5.74) is 6.90. The van der Waals surface area contributed by atoms with Gasteiger partial charge in [0.2, 0.25) is 0 Å². The molecule has 3 unspecified atom stereocenters. The van der Waals surface area contributed by atoms with Crippen LogP contribution in [0, 0.1) is 5.92 Å². The Labute approximate surface area is 156 Å². The monoisotopic (exact) mass is 361 g/mol. The van der Waals surface area contributed by atoms with E-state index in [1.54, 1.807) is 4.90 Å². The second kappa shape index (κ2) is 9.90. The fourth-order valence-corrected chi connectivity index (χ4v) is 3.86. The van der Waals surface area contributed by atoms with Crippen LogP contribution in [0.25, 0.3) is 0 Å². The first-order valence-electron chi connectivity index (χ1n) is 9.77. The SMILES string of the molecule is NCC1CCCCC1NCC1CN(C(=O)OCc2ccccc2)CCO1. The van der Waals surface area contributed by atoms with Crippen molar-refractivity contribution in [2.75, 3.05) is 32.8 Å². The van der Waals surface area contributed by atoms with Gasteiger partial charge in [0.1, 0.15) is 6.61 Å². The molecule has 1 saturated heterocycles. The smallest absolute Gasteiger partial charge is 0.410 e. The van der Waals surface area contributed by atoms with Gasteiger partial charge in [-0.15, -0.1) is 0 Å². The quantitative estimate of drug-likeness (QED) is 0.812. The van der Waals surface area contributed by atoms with Crippen molar-refractivity contribution in [3.05, 3.63) is 35.9 Å². The lowest BCUT2D eigenvalue weighted by Crippen LogP contribution is -2.52. The van der Waals surface area contributed by atoms with Crippen molar-refractivity contribution in [2.24, 2.45) is 11.7 Å². The van der Waals surface area contributed by atoms with Crippen LogP contribution < -0.4 is 11.1 Å². The molecule has 2 aliphatic rings. The fourth-order valence-electron chi connectivity index (χ4n) is 3.86. The summed E-state index contributed by atoms with van der Waals surface area (Å²) in [5.74, 6) is 0.555. The minimum absolute atomic E-state index is 0.00776. The average Bonchev–Trinajstić information content (AvgIpc) is 2.71. The number of amides is 1. The van der Waals surface area contributed by atoms with Gasteiger partial charge in [-0.3, -0.25) is 0 Å². The number of hydrogen-bond donors (Lipinski definition) is 2. The van der Waals surface area contributed by atoms with Gasteiger partial charge in [-0.05, 0) is 30.9 Å². The summed E-state index contributed by atoms with van der Waals surface area (Å²) in [4.78, 5) is 14.1. The zero-order valence-corrected chi connectivity index (χ0v) is 15.4. The Morgan fingerprint density at radius 3 is 2.88 bits per heavy atom. The number of ether oxygens (including phenoxy) is 2. The van der Waals surface area contributed by atoms with Crippen LogP contribution in [0.15, 0.2) is 30.3 Å². The highest BCUT2D eigenvalue weighted by molar-refractivity contribution is 5.67. The lowest BCUT2D eigenvalue weighted by Gasteiger charge is -2.36. The molecule has 3 atom stereocenters. The number of nitrogens with one attached hydrogen (secondary N) is 1. The van der Waals surface area contributed by atoms with E-state index in [4.69, 9.17) is 15.2 Å². The van der Waals surface area contributed by atoms with Crippen LogP contribution >= 0.6 is 0 Å². The molecule has 1 aliphatic heterocycles. The van der Waals surface area contributed by atoms with Gasteiger partial charge >= 0.3 is 6.09 Å².